The quantitative estimate of drug-likeness (QED) is 0.421. The number of fused-ring (bicyclic) bond motifs is 1. The van der Waals surface area contributed by atoms with E-state index in [2.05, 4.69) is 4.72 Å². The standard InChI is InChI=1S/C29H50N4O7S/c1-21-18-33(22(2)20-34)29(36)25-17-24(30-41(7,37)38)13-14-26(25)40-23(3)11-8-9-16-39-27(21)19-32(6)28(35)12-10-15-31(4)5/h13-14,17,21-23,27,30,34H,8-12,15-16,18-20H2,1-7H3/t21-,22-,23-,27+/m0/s1. The van der Waals surface area contributed by atoms with Gasteiger partial charge in [-0.15, -0.1) is 0 Å². The molecule has 0 saturated carbocycles. The molecule has 41 heavy (non-hydrogen) atoms. The van der Waals surface area contributed by atoms with Crippen LogP contribution < -0.4 is 9.46 Å². The van der Waals surface area contributed by atoms with E-state index < -0.39 is 16.1 Å². The zero-order valence-electron chi connectivity index (χ0n) is 25.8. The second kappa shape index (κ2) is 16.3. The molecule has 2 rings (SSSR count). The molecule has 1 heterocycles. The molecule has 1 aliphatic rings. The van der Waals surface area contributed by atoms with Crippen LogP contribution in [0.3, 0.4) is 0 Å². The van der Waals surface area contributed by atoms with Crippen LogP contribution in [0.4, 0.5) is 5.69 Å². The first kappa shape index (κ1) is 34.8. The SMILES string of the molecule is C[C@H]1CCCCO[C@H](CN(C)C(=O)CCCN(C)C)[C@@H](C)CN([C@@H](C)CO)C(=O)c2cc(NS(C)(=O)=O)ccc2O1. The lowest BCUT2D eigenvalue weighted by atomic mass is 10.0. The van der Waals surface area contributed by atoms with E-state index in [4.69, 9.17) is 9.47 Å². The second-order valence-corrected chi connectivity index (χ2v) is 13.3. The van der Waals surface area contributed by atoms with Gasteiger partial charge in [0.05, 0.1) is 36.7 Å². The van der Waals surface area contributed by atoms with Crippen LogP contribution in [0.2, 0.25) is 0 Å². The number of benzene rings is 1. The van der Waals surface area contributed by atoms with Gasteiger partial charge in [-0.3, -0.25) is 14.3 Å². The number of likely N-dealkylation sites (N-methyl/N-ethyl adjacent to an activating group) is 1. The molecule has 0 bridgehead atoms. The summed E-state index contributed by atoms with van der Waals surface area (Å²) in [5.74, 6) is -0.156. The van der Waals surface area contributed by atoms with E-state index in [1.807, 2.05) is 32.8 Å². The molecule has 4 atom stereocenters. The fourth-order valence-corrected chi connectivity index (χ4v) is 5.33. The maximum Gasteiger partial charge on any atom is 0.258 e. The van der Waals surface area contributed by atoms with Crippen LogP contribution in [0.15, 0.2) is 18.2 Å². The number of sulfonamides is 1. The Balaban J connectivity index is 2.39. The molecular formula is C29H50N4O7S. The Morgan fingerprint density at radius 2 is 1.93 bits per heavy atom. The average molecular weight is 599 g/mol. The molecule has 1 aromatic rings. The average Bonchev–Trinajstić information content (AvgIpc) is 2.89. The van der Waals surface area contributed by atoms with Gasteiger partial charge in [-0.1, -0.05) is 6.92 Å². The van der Waals surface area contributed by atoms with Gasteiger partial charge in [-0.25, -0.2) is 8.42 Å². The molecule has 0 unspecified atom stereocenters. The van der Waals surface area contributed by atoms with Gasteiger partial charge in [0.25, 0.3) is 5.91 Å². The highest BCUT2D eigenvalue weighted by Gasteiger charge is 2.31. The zero-order chi connectivity index (χ0) is 30.7. The lowest BCUT2D eigenvalue weighted by Crippen LogP contribution is -2.48. The Bertz CT molecular complexity index is 1100. The Kier molecular flexibility index (Phi) is 13.8. The Morgan fingerprint density at radius 3 is 2.56 bits per heavy atom. The molecule has 234 valence electrons. The van der Waals surface area contributed by atoms with Crippen LogP contribution >= 0.6 is 0 Å². The van der Waals surface area contributed by atoms with E-state index in [1.165, 1.54) is 6.07 Å². The summed E-state index contributed by atoms with van der Waals surface area (Å²) in [5.41, 5.74) is 0.456. The molecule has 0 fully saturated rings. The number of anilines is 1. The first-order valence-electron chi connectivity index (χ1n) is 14.4. The number of hydrogen-bond donors (Lipinski definition) is 2. The van der Waals surface area contributed by atoms with Crippen molar-refractivity contribution in [3.63, 3.8) is 0 Å². The van der Waals surface area contributed by atoms with E-state index in [-0.39, 0.29) is 54.3 Å². The molecular weight excluding hydrogens is 548 g/mol. The number of nitrogens with zero attached hydrogens (tertiary/aromatic N) is 3. The lowest BCUT2D eigenvalue weighted by Gasteiger charge is -2.36. The van der Waals surface area contributed by atoms with Crippen LogP contribution in [0.25, 0.3) is 0 Å². The third kappa shape index (κ3) is 11.8. The van der Waals surface area contributed by atoms with Gasteiger partial charge in [0.2, 0.25) is 15.9 Å². The normalized spacial score (nSPS) is 21.9. The number of hydrogen-bond acceptors (Lipinski definition) is 8. The number of carbonyl (C=O) groups excluding carboxylic acids is 2. The largest absolute Gasteiger partial charge is 0.490 e. The number of ether oxygens (including phenoxy) is 2. The third-order valence-corrected chi connectivity index (χ3v) is 7.84. The predicted molar refractivity (Wildman–Crippen MR) is 161 cm³/mol. The molecule has 0 spiro atoms. The van der Waals surface area contributed by atoms with E-state index in [1.54, 1.807) is 35.9 Å². The van der Waals surface area contributed by atoms with Crippen molar-refractivity contribution in [2.45, 2.75) is 71.1 Å². The summed E-state index contributed by atoms with van der Waals surface area (Å²) in [7, 11) is 2.17. The summed E-state index contributed by atoms with van der Waals surface area (Å²) in [5, 5.41) is 10.1. The lowest BCUT2D eigenvalue weighted by molar-refractivity contribution is -0.132. The monoisotopic (exact) mass is 598 g/mol. The molecule has 1 aromatic carbocycles. The van der Waals surface area contributed by atoms with Crippen molar-refractivity contribution in [3.05, 3.63) is 23.8 Å². The topological polar surface area (TPSA) is 129 Å². The van der Waals surface area contributed by atoms with Crippen molar-refractivity contribution in [1.82, 2.24) is 14.7 Å². The molecule has 2 N–H and O–H groups in total. The minimum Gasteiger partial charge on any atom is -0.490 e. The van der Waals surface area contributed by atoms with Crippen LogP contribution in [0, 0.1) is 5.92 Å². The number of rotatable bonds is 10. The highest BCUT2D eigenvalue weighted by atomic mass is 32.2. The van der Waals surface area contributed by atoms with Crippen molar-refractivity contribution in [2.75, 3.05) is 65.0 Å². The molecule has 2 amide bonds. The van der Waals surface area contributed by atoms with E-state index in [0.29, 0.717) is 25.3 Å². The highest BCUT2D eigenvalue weighted by Crippen LogP contribution is 2.28. The van der Waals surface area contributed by atoms with Gasteiger partial charge in [0.15, 0.2) is 0 Å². The first-order valence-corrected chi connectivity index (χ1v) is 16.3. The Morgan fingerprint density at radius 1 is 1.22 bits per heavy atom. The maximum atomic E-state index is 14.0. The summed E-state index contributed by atoms with van der Waals surface area (Å²) in [6.07, 6.45) is 4.15. The minimum absolute atomic E-state index is 0.0459. The number of nitrogens with one attached hydrogen (secondary N) is 1. The van der Waals surface area contributed by atoms with Crippen molar-refractivity contribution in [3.8, 4) is 5.75 Å². The van der Waals surface area contributed by atoms with Crippen molar-refractivity contribution in [2.24, 2.45) is 5.92 Å². The smallest absolute Gasteiger partial charge is 0.258 e. The molecule has 0 aliphatic carbocycles. The van der Waals surface area contributed by atoms with Crippen LogP contribution in [0.5, 0.6) is 5.75 Å². The van der Waals surface area contributed by atoms with Crippen molar-refractivity contribution >= 4 is 27.5 Å². The fraction of sp³-hybridized carbons (Fsp3) is 0.724. The maximum absolute atomic E-state index is 14.0. The van der Waals surface area contributed by atoms with E-state index >= 15 is 0 Å². The summed E-state index contributed by atoms with van der Waals surface area (Å²) < 4.78 is 38.7. The summed E-state index contributed by atoms with van der Waals surface area (Å²) in [6, 6.07) is 4.13. The number of carbonyl (C=O) groups is 2. The van der Waals surface area contributed by atoms with Crippen LogP contribution in [-0.2, 0) is 19.6 Å². The Hall–Kier alpha value is -2.41. The molecule has 0 aromatic heterocycles. The third-order valence-electron chi connectivity index (χ3n) is 7.23. The minimum atomic E-state index is -3.57. The van der Waals surface area contributed by atoms with E-state index in [9.17, 15) is 23.1 Å². The van der Waals surface area contributed by atoms with Crippen molar-refractivity contribution < 1.29 is 32.6 Å². The fourth-order valence-electron chi connectivity index (χ4n) is 4.77. The zero-order valence-corrected chi connectivity index (χ0v) is 26.6. The van der Waals surface area contributed by atoms with E-state index in [0.717, 1.165) is 38.5 Å². The highest BCUT2D eigenvalue weighted by molar-refractivity contribution is 7.92. The van der Waals surface area contributed by atoms with Crippen molar-refractivity contribution in [1.29, 1.82) is 0 Å². The summed E-state index contributed by atoms with van der Waals surface area (Å²) >= 11 is 0. The van der Waals surface area contributed by atoms with Gasteiger partial charge < -0.3 is 29.3 Å². The molecule has 0 radical (unpaired) electrons. The predicted octanol–water partition coefficient (Wildman–Crippen LogP) is 2.65. The van der Waals surface area contributed by atoms with Gasteiger partial charge in [-0.2, -0.15) is 0 Å². The van der Waals surface area contributed by atoms with Crippen LogP contribution in [-0.4, -0.2) is 119 Å². The van der Waals surface area contributed by atoms with Gasteiger partial charge in [0, 0.05) is 44.8 Å². The number of aliphatic hydroxyl groups excluding tert-OH is 1. The number of aliphatic hydroxyl groups is 1. The van der Waals surface area contributed by atoms with Crippen LogP contribution in [0.1, 0.15) is 63.2 Å². The Labute approximate surface area is 246 Å². The molecule has 1 aliphatic heterocycles. The molecule has 11 nitrogen and oxygen atoms in total. The van der Waals surface area contributed by atoms with Gasteiger partial charge >= 0.3 is 0 Å². The first-order chi connectivity index (χ1) is 19.2. The second-order valence-electron chi connectivity index (χ2n) is 11.6. The van der Waals surface area contributed by atoms with Gasteiger partial charge in [-0.05, 0) is 78.4 Å². The summed E-state index contributed by atoms with van der Waals surface area (Å²) in [4.78, 5) is 32.2. The number of amides is 2. The van der Waals surface area contributed by atoms with Gasteiger partial charge in [0.1, 0.15) is 5.75 Å². The molecule has 0 saturated heterocycles. The summed E-state index contributed by atoms with van der Waals surface area (Å²) in [6.45, 7) is 7.39. The molecule has 12 heteroatoms.